The lowest BCUT2D eigenvalue weighted by molar-refractivity contribution is -0.135. The number of nitrogens with two attached hydrogens (primary N) is 1. The van der Waals surface area contributed by atoms with Gasteiger partial charge in [0.2, 0.25) is 5.91 Å². The summed E-state index contributed by atoms with van der Waals surface area (Å²) >= 11 is 0. The summed E-state index contributed by atoms with van der Waals surface area (Å²) in [4.78, 5) is 14.3. The van der Waals surface area contributed by atoms with Crippen molar-refractivity contribution in [1.82, 2.24) is 4.90 Å². The van der Waals surface area contributed by atoms with Gasteiger partial charge in [-0.05, 0) is 30.4 Å². The zero-order valence-corrected chi connectivity index (χ0v) is 13.3. The number of carbonyl (C=O) groups is 1. The Morgan fingerprint density at radius 3 is 2.33 bits per heavy atom. The third kappa shape index (κ3) is 4.21. The normalized spacial score (nSPS) is 18.4. The Morgan fingerprint density at radius 1 is 1.24 bits per heavy atom. The van der Waals surface area contributed by atoms with Gasteiger partial charge in [-0.15, -0.1) is 0 Å². The molecule has 1 amide bonds. The minimum absolute atomic E-state index is 0.0839. The number of rotatable bonds is 3. The molecule has 4 heteroatoms. The quantitative estimate of drug-likeness (QED) is 0.898. The highest BCUT2D eigenvalue weighted by atomic mass is 16.2. The zero-order chi connectivity index (χ0) is 15.5. The van der Waals surface area contributed by atoms with Crippen molar-refractivity contribution < 1.29 is 4.79 Å². The molecule has 0 bridgehead atoms. The van der Waals surface area contributed by atoms with Crippen LogP contribution in [0.1, 0.15) is 33.6 Å². The zero-order valence-electron chi connectivity index (χ0n) is 13.3. The molecule has 1 heterocycles. The van der Waals surface area contributed by atoms with E-state index in [-0.39, 0.29) is 11.3 Å². The Kier molecular flexibility index (Phi) is 4.88. The molecule has 0 spiro atoms. The smallest absolute Gasteiger partial charge is 0.240 e. The number of nitrogens with zero attached hydrogens (tertiary/aromatic N) is 1. The van der Waals surface area contributed by atoms with Crippen LogP contribution in [0.5, 0.6) is 0 Å². The number of piperidine rings is 1. The number of hydrogen-bond acceptors (Lipinski definition) is 3. The fourth-order valence-electron chi connectivity index (χ4n) is 2.58. The number of para-hydroxylation sites is 1. The molecule has 1 fully saturated rings. The van der Waals surface area contributed by atoms with Gasteiger partial charge in [-0.3, -0.25) is 4.79 Å². The molecule has 3 N–H and O–H groups in total. The minimum atomic E-state index is -0.420. The second kappa shape index (κ2) is 6.48. The standard InChI is InChI=1S/C17H27N3O/c1-17(2,3)15(18)16(21)20-11-9-14(10-12-20)19-13-7-5-4-6-8-13/h4-8,14-15,19H,9-12,18H2,1-3H3/t15-/m1/s1. The van der Waals surface area contributed by atoms with Crippen molar-refractivity contribution in [3.8, 4) is 0 Å². The Bertz CT molecular complexity index is 459. The van der Waals surface area contributed by atoms with Crippen molar-refractivity contribution in [2.45, 2.75) is 45.7 Å². The monoisotopic (exact) mass is 289 g/mol. The lowest BCUT2D eigenvalue weighted by atomic mass is 9.86. The fraction of sp³-hybridized carbons (Fsp3) is 0.588. The molecule has 4 nitrogen and oxygen atoms in total. The summed E-state index contributed by atoms with van der Waals surface area (Å²) in [5.41, 5.74) is 7.04. The summed E-state index contributed by atoms with van der Waals surface area (Å²) in [6, 6.07) is 10.2. The number of anilines is 1. The van der Waals surface area contributed by atoms with Crippen LogP contribution in [-0.2, 0) is 4.79 Å². The second-order valence-electron chi connectivity index (χ2n) is 6.95. The van der Waals surface area contributed by atoms with Crippen molar-refractivity contribution >= 4 is 11.6 Å². The second-order valence-corrected chi connectivity index (χ2v) is 6.95. The molecule has 2 rings (SSSR count). The molecule has 1 aromatic rings. The van der Waals surface area contributed by atoms with Crippen LogP contribution in [0, 0.1) is 5.41 Å². The van der Waals surface area contributed by atoms with E-state index in [0.29, 0.717) is 6.04 Å². The summed E-state index contributed by atoms with van der Waals surface area (Å²) in [5.74, 6) is 0.0839. The van der Waals surface area contributed by atoms with E-state index in [4.69, 9.17) is 5.73 Å². The van der Waals surface area contributed by atoms with Crippen LogP contribution in [-0.4, -0.2) is 36.0 Å². The molecule has 0 aromatic heterocycles. The first-order valence-corrected chi connectivity index (χ1v) is 7.74. The average molecular weight is 289 g/mol. The number of nitrogens with one attached hydrogen (secondary N) is 1. The van der Waals surface area contributed by atoms with E-state index in [9.17, 15) is 4.79 Å². The molecule has 1 saturated heterocycles. The maximum Gasteiger partial charge on any atom is 0.240 e. The van der Waals surface area contributed by atoms with Gasteiger partial charge in [0, 0.05) is 24.8 Å². The van der Waals surface area contributed by atoms with E-state index in [0.717, 1.165) is 31.6 Å². The van der Waals surface area contributed by atoms with Crippen molar-refractivity contribution in [3.63, 3.8) is 0 Å². The first-order chi connectivity index (χ1) is 9.88. The van der Waals surface area contributed by atoms with Gasteiger partial charge < -0.3 is 16.0 Å². The van der Waals surface area contributed by atoms with E-state index >= 15 is 0 Å². The van der Waals surface area contributed by atoms with Gasteiger partial charge in [-0.25, -0.2) is 0 Å². The topological polar surface area (TPSA) is 58.4 Å². The van der Waals surface area contributed by atoms with Crippen LogP contribution in [0.15, 0.2) is 30.3 Å². The SMILES string of the molecule is CC(C)(C)[C@H](N)C(=O)N1CCC(Nc2ccccc2)CC1. The summed E-state index contributed by atoms with van der Waals surface area (Å²) in [6.45, 7) is 7.61. The predicted molar refractivity (Wildman–Crippen MR) is 87.1 cm³/mol. The van der Waals surface area contributed by atoms with Gasteiger partial charge in [0.05, 0.1) is 6.04 Å². The van der Waals surface area contributed by atoms with E-state index in [1.807, 2.05) is 43.9 Å². The van der Waals surface area contributed by atoms with Gasteiger partial charge in [-0.2, -0.15) is 0 Å². The summed E-state index contributed by atoms with van der Waals surface area (Å²) in [7, 11) is 0. The number of amides is 1. The number of hydrogen-bond donors (Lipinski definition) is 2. The van der Waals surface area contributed by atoms with Crippen LogP contribution in [0.25, 0.3) is 0 Å². The van der Waals surface area contributed by atoms with Crippen LogP contribution >= 0.6 is 0 Å². The summed E-state index contributed by atoms with van der Waals surface area (Å²) in [5, 5.41) is 3.53. The van der Waals surface area contributed by atoms with Crippen molar-refractivity contribution in [3.05, 3.63) is 30.3 Å². The lowest BCUT2D eigenvalue weighted by Crippen LogP contribution is -2.53. The van der Waals surface area contributed by atoms with Crippen molar-refractivity contribution in [2.24, 2.45) is 11.1 Å². The molecular weight excluding hydrogens is 262 g/mol. The molecule has 0 unspecified atom stereocenters. The average Bonchev–Trinajstić information content (AvgIpc) is 2.46. The Morgan fingerprint density at radius 2 is 1.81 bits per heavy atom. The largest absolute Gasteiger partial charge is 0.382 e. The third-order valence-electron chi connectivity index (χ3n) is 4.15. The maximum atomic E-state index is 12.4. The number of carbonyl (C=O) groups excluding carboxylic acids is 1. The van der Waals surface area contributed by atoms with Crippen LogP contribution in [0.2, 0.25) is 0 Å². The first kappa shape index (κ1) is 15.8. The van der Waals surface area contributed by atoms with Crippen molar-refractivity contribution in [1.29, 1.82) is 0 Å². The van der Waals surface area contributed by atoms with E-state index in [1.165, 1.54) is 0 Å². The van der Waals surface area contributed by atoms with Crippen LogP contribution < -0.4 is 11.1 Å². The van der Waals surface area contributed by atoms with Crippen LogP contribution in [0.3, 0.4) is 0 Å². The van der Waals surface area contributed by atoms with Gasteiger partial charge >= 0.3 is 0 Å². The molecule has 1 atom stereocenters. The highest BCUT2D eigenvalue weighted by Crippen LogP contribution is 2.22. The predicted octanol–water partition coefficient (Wildman–Crippen LogP) is 2.46. The molecule has 0 aliphatic carbocycles. The maximum absolute atomic E-state index is 12.4. The number of benzene rings is 1. The van der Waals surface area contributed by atoms with Gasteiger partial charge in [0.15, 0.2) is 0 Å². The van der Waals surface area contributed by atoms with E-state index < -0.39 is 6.04 Å². The van der Waals surface area contributed by atoms with Crippen LogP contribution in [0.4, 0.5) is 5.69 Å². The van der Waals surface area contributed by atoms with Gasteiger partial charge in [0.25, 0.3) is 0 Å². The molecule has 1 aliphatic heterocycles. The molecule has 116 valence electrons. The Labute approximate surface area is 127 Å². The fourth-order valence-corrected chi connectivity index (χ4v) is 2.58. The summed E-state index contributed by atoms with van der Waals surface area (Å²) in [6.07, 6.45) is 1.94. The van der Waals surface area contributed by atoms with Crippen molar-refractivity contribution in [2.75, 3.05) is 18.4 Å². The summed E-state index contributed by atoms with van der Waals surface area (Å²) < 4.78 is 0. The third-order valence-corrected chi connectivity index (χ3v) is 4.15. The lowest BCUT2D eigenvalue weighted by Gasteiger charge is -2.37. The first-order valence-electron chi connectivity index (χ1n) is 7.74. The van der Waals surface area contributed by atoms with E-state index in [2.05, 4.69) is 17.4 Å². The molecule has 1 aromatic carbocycles. The Balaban J connectivity index is 1.84. The highest BCUT2D eigenvalue weighted by Gasteiger charge is 2.32. The molecular formula is C17H27N3O. The molecule has 21 heavy (non-hydrogen) atoms. The highest BCUT2D eigenvalue weighted by molar-refractivity contribution is 5.82. The molecule has 0 saturated carbocycles. The number of likely N-dealkylation sites (tertiary alicyclic amines) is 1. The van der Waals surface area contributed by atoms with Gasteiger partial charge in [0.1, 0.15) is 0 Å². The molecule has 0 radical (unpaired) electrons. The Hall–Kier alpha value is -1.55. The minimum Gasteiger partial charge on any atom is -0.382 e. The van der Waals surface area contributed by atoms with E-state index in [1.54, 1.807) is 0 Å². The molecule has 1 aliphatic rings. The van der Waals surface area contributed by atoms with Gasteiger partial charge in [-0.1, -0.05) is 39.0 Å².